The molecule has 1 aromatic heterocycles. The van der Waals surface area contributed by atoms with E-state index in [0.717, 1.165) is 5.56 Å². The molecule has 1 aromatic carbocycles. The summed E-state index contributed by atoms with van der Waals surface area (Å²) in [6, 6.07) is 10.2. The van der Waals surface area contributed by atoms with E-state index in [0.29, 0.717) is 11.4 Å². The number of aromatic nitrogens is 2. The Kier molecular flexibility index (Phi) is 3.75. The molecule has 0 atom stereocenters. The Labute approximate surface area is 110 Å². The van der Waals surface area contributed by atoms with Crippen molar-refractivity contribution in [1.82, 2.24) is 10.2 Å². The maximum atomic E-state index is 12.2. The van der Waals surface area contributed by atoms with Crippen molar-refractivity contribution >= 4 is 11.7 Å². The highest BCUT2D eigenvalue weighted by Crippen LogP contribution is 2.19. The van der Waals surface area contributed by atoms with Crippen molar-refractivity contribution in [3.05, 3.63) is 57.9 Å². The summed E-state index contributed by atoms with van der Waals surface area (Å²) in [7, 11) is 0. The van der Waals surface area contributed by atoms with E-state index in [1.54, 1.807) is 6.07 Å². The largest absolute Gasteiger partial charge is 0.305 e. The van der Waals surface area contributed by atoms with Crippen LogP contribution in [0.5, 0.6) is 0 Å². The number of aromatic amines is 1. The molecule has 0 saturated heterocycles. The Morgan fingerprint density at radius 3 is 2.58 bits per heavy atom. The van der Waals surface area contributed by atoms with Crippen molar-refractivity contribution in [1.29, 1.82) is 0 Å². The van der Waals surface area contributed by atoms with Gasteiger partial charge < -0.3 is 5.32 Å². The van der Waals surface area contributed by atoms with Crippen molar-refractivity contribution < 1.29 is 4.79 Å². The number of nitrogens with one attached hydrogen (secondary N) is 2. The topological polar surface area (TPSA) is 74.8 Å². The van der Waals surface area contributed by atoms with Gasteiger partial charge in [0, 0.05) is 11.6 Å². The van der Waals surface area contributed by atoms with Crippen LogP contribution in [0.1, 0.15) is 35.7 Å². The summed E-state index contributed by atoms with van der Waals surface area (Å²) >= 11 is 0. The maximum Gasteiger partial charge on any atom is 0.264 e. The molecule has 5 nitrogen and oxygen atoms in total. The van der Waals surface area contributed by atoms with Crippen LogP contribution in [-0.4, -0.2) is 16.1 Å². The minimum atomic E-state index is -0.305. The third-order valence-electron chi connectivity index (χ3n) is 2.75. The number of hydrogen-bond acceptors (Lipinski definition) is 3. The number of nitrogens with zero attached hydrogens (tertiary/aromatic N) is 1. The second kappa shape index (κ2) is 5.48. The number of H-pyrrole nitrogens is 1. The van der Waals surface area contributed by atoms with Gasteiger partial charge in [-0.05, 0) is 23.6 Å². The molecule has 0 unspecified atom stereocenters. The fourth-order valence-electron chi connectivity index (χ4n) is 1.80. The minimum absolute atomic E-state index is 0.233. The van der Waals surface area contributed by atoms with E-state index in [1.807, 2.05) is 32.0 Å². The molecule has 2 aromatic rings. The van der Waals surface area contributed by atoms with E-state index in [9.17, 15) is 9.59 Å². The van der Waals surface area contributed by atoms with E-state index in [-0.39, 0.29) is 17.4 Å². The molecule has 0 fully saturated rings. The Balaban J connectivity index is 2.25. The van der Waals surface area contributed by atoms with Gasteiger partial charge in [-0.25, -0.2) is 5.10 Å². The van der Waals surface area contributed by atoms with Gasteiger partial charge in [-0.3, -0.25) is 9.59 Å². The van der Waals surface area contributed by atoms with Crippen LogP contribution >= 0.6 is 0 Å². The van der Waals surface area contributed by atoms with Gasteiger partial charge in [0.2, 0.25) is 0 Å². The van der Waals surface area contributed by atoms with Gasteiger partial charge in [-0.1, -0.05) is 32.0 Å². The van der Waals surface area contributed by atoms with Crippen LogP contribution in [0.3, 0.4) is 0 Å². The summed E-state index contributed by atoms with van der Waals surface area (Å²) in [4.78, 5) is 23.1. The number of anilines is 1. The van der Waals surface area contributed by atoms with Crippen molar-refractivity contribution in [3.8, 4) is 0 Å². The zero-order valence-corrected chi connectivity index (χ0v) is 10.8. The fourth-order valence-corrected chi connectivity index (χ4v) is 1.80. The molecular weight excluding hydrogens is 242 g/mol. The highest BCUT2D eigenvalue weighted by molar-refractivity contribution is 6.04. The van der Waals surface area contributed by atoms with Crippen molar-refractivity contribution in [2.45, 2.75) is 19.8 Å². The van der Waals surface area contributed by atoms with Crippen molar-refractivity contribution in [2.75, 3.05) is 5.32 Å². The van der Waals surface area contributed by atoms with E-state index < -0.39 is 0 Å². The number of rotatable bonds is 3. The molecule has 98 valence electrons. The summed E-state index contributed by atoms with van der Waals surface area (Å²) in [5.41, 5.74) is 1.29. The Morgan fingerprint density at radius 2 is 1.95 bits per heavy atom. The highest BCUT2D eigenvalue weighted by Gasteiger charge is 2.13. The monoisotopic (exact) mass is 257 g/mol. The molecule has 1 amide bonds. The molecule has 0 radical (unpaired) electrons. The third kappa shape index (κ3) is 3.07. The molecule has 0 saturated carbocycles. The molecule has 0 aliphatic carbocycles. The number of amides is 1. The summed E-state index contributed by atoms with van der Waals surface area (Å²) in [6.07, 6.45) is 0. The van der Waals surface area contributed by atoms with Gasteiger partial charge in [0.1, 0.15) is 0 Å². The highest BCUT2D eigenvalue weighted by atomic mass is 16.2. The number of carbonyl (C=O) groups excluding carboxylic acids is 1. The summed E-state index contributed by atoms with van der Waals surface area (Å²) in [6.45, 7) is 4.06. The summed E-state index contributed by atoms with van der Waals surface area (Å²) < 4.78 is 0. The molecule has 0 aliphatic rings. The molecule has 2 rings (SSSR count). The van der Waals surface area contributed by atoms with E-state index in [2.05, 4.69) is 15.5 Å². The lowest BCUT2D eigenvalue weighted by molar-refractivity contribution is 0.102. The zero-order chi connectivity index (χ0) is 13.8. The van der Waals surface area contributed by atoms with Crippen LogP contribution < -0.4 is 10.9 Å². The number of benzene rings is 1. The summed E-state index contributed by atoms with van der Waals surface area (Å²) in [5, 5.41) is 8.68. The summed E-state index contributed by atoms with van der Waals surface area (Å²) in [5.74, 6) is 0.345. The molecule has 0 aliphatic heterocycles. The molecule has 0 spiro atoms. The van der Waals surface area contributed by atoms with Crippen LogP contribution in [0.4, 0.5) is 5.82 Å². The van der Waals surface area contributed by atoms with Crippen LogP contribution in [0.2, 0.25) is 0 Å². The SMILES string of the molecule is CC(C)c1ccccc1C(=O)Nc1ccc(=O)[nH]n1. The first-order chi connectivity index (χ1) is 9.08. The molecule has 5 heteroatoms. The predicted octanol–water partition coefficient (Wildman–Crippen LogP) is 2.15. The maximum absolute atomic E-state index is 12.2. The number of hydrogen-bond donors (Lipinski definition) is 2. The average molecular weight is 257 g/mol. The average Bonchev–Trinajstić information content (AvgIpc) is 2.41. The van der Waals surface area contributed by atoms with Crippen LogP contribution in [0.25, 0.3) is 0 Å². The molecular formula is C14H15N3O2. The molecule has 1 heterocycles. The standard InChI is InChI=1S/C14H15N3O2/c1-9(2)10-5-3-4-6-11(10)14(19)15-12-7-8-13(18)17-16-12/h3-9H,1-2H3,(H,17,18)(H,15,16,19). The lowest BCUT2D eigenvalue weighted by Crippen LogP contribution is -2.17. The van der Waals surface area contributed by atoms with Crippen molar-refractivity contribution in [3.63, 3.8) is 0 Å². The second-order valence-electron chi connectivity index (χ2n) is 4.50. The fraction of sp³-hybridized carbons (Fsp3) is 0.214. The lowest BCUT2D eigenvalue weighted by atomic mass is 9.97. The Hall–Kier alpha value is -2.43. The third-order valence-corrected chi connectivity index (χ3v) is 2.75. The smallest absolute Gasteiger partial charge is 0.264 e. The van der Waals surface area contributed by atoms with Gasteiger partial charge in [0.05, 0.1) is 0 Å². The van der Waals surface area contributed by atoms with E-state index >= 15 is 0 Å². The van der Waals surface area contributed by atoms with Crippen LogP contribution in [-0.2, 0) is 0 Å². The minimum Gasteiger partial charge on any atom is -0.305 e. The van der Waals surface area contributed by atoms with Crippen LogP contribution in [0, 0.1) is 0 Å². The van der Waals surface area contributed by atoms with Gasteiger partial charge in [0.15, 0.2) is 5.82 Å². The normalized spacial score (nSPS) is 10.5. The molecule has 19 heavy (non-hydrogen) atoms. The van der Waals surface area contributed by atoms with Gasteiger partial charge >= 0.3 is 0 Å². The second-order valence-corrected chi connectivity index (χ2v) is 4.50. The first kappa shape index (κ1) is 13.0. The molecule has 2 N–H and O–H groups in total. The van der Waals surface area contributed by atoms with E-state index in [4.69, 9.17) is 0 Å². The predicted molar refractivity (Wildman–Crippen MR) is 73.3 cm³/mol. The van der Waals surface area contributed by atoms with E-state index in [1.165, 1.54) is 12.1 Å². The molecule has 0 bridgehead atoms. The number of carbonyl (C=O) groups is 1. The quantitative estimate of drug-likeness (QED) is 0.884. The first-order valence-corrected chi connectivity index (χ1v) is 6.04. The lowest BCUT2D eigenvalue weighted by Gasteiger charge is -2.11. The first-order valence-electron chi connectivity index (χ1n) is 6.04. The van der Waals surface area contributed by atoms with Gasteiger partial charge in [0.25, 0.3) is 11.5 Å². The van der Waals surface area contributed by atoms with Crippen molar-refractivity contribution in [2.24, 2.45) is 0 Å². The Morgan fingerprint density at radius 1 is 1.21 bits per heavy atom. The Bertz CT molecular complexity index is 627. The van der Waals surface area contributed by atoms with Crippen LogP contribution in [0.15, 0.2) is 41.2 Å². The van der Waals surface area contributed by atoms with Gasteiger partial charge in [-0.15, -0.1) is 0 Å². The van der Waals surface area contributed by atoms with Gasteiger partial charge in [-0.2, -0.15) is 5.10 Å². The zero-order valence-electron chi connectivity index (χ0n) is 10.8.